The van der Waals surface area contributed by atoms with Crippen molar-refractivity contribution >= 4 is 44.9 Å². The summed E-state index contributed by atoms with van der Waals surface area (Å²) >= 11 is 7.42. The molecule has 7 heteroatoms. The van der Waals surface area contributed by atoms with Gasteiger partial charge in [-0.3, -0.25) is 4.79 Å². The van der Waals surface area contributed by atoms with Crippen LogP contribution in [0.15, 0.2) is 11.4 Å². The fraction of sp³-hybridized carbons (Fsp3) is 0.417. The Balaban J connectivity index is 1.81. The van der Waals surface area contributed by atoms with E-state index in [2.05, 4.69) is 15.3 Å². The van der Waals surface area contributed by atoms with E-state index in [-0.39, 0.29) is 17.7 Å². The molecular weight excluding hydrogens is 284 g/mol. The summed E-state index contributed by atoms with van der Waals surface area (Å²) in [6, 6.07) is 2.32. The number of carbonyl (C=O) groups excluding carboxylic acids is 1. The topological polar surface area (TPSA) is 58.1 Å². The summed E-state index contributed by atoms with van der Waals surface area (Å²) in [6.07, 6.45) is 2.17. The molecule has 0 spiro atoms. The van der Waals surface area contributed by atoms with Crippen LogP contribution in [-0.4, -0.2) is 35.5 Å². The minimum atomic E-state index is 0.0168. The number of hydrogen-bond acceptors (Lipinski definition) is 5. The molecule has 0 unspecified atom stereocenters. The number of carbonyl (C=O) groups is 1. The lowest BCUT2D eigenvalue weighted by atomic mass is 10.3. The SMILES string of the molecule is CN(CC(=O)NC1CC1)c1nc(Cl)nc2sccc12. The molecule has 3 rings (SSSR count). The van der Waals surface area contributed by atoms with Crippen LogP contribution < -0.4 is 10.2 Å². The maximum Gasteiger partial charge on any atom is 0.239 e. The summed E-state index contributed by atoms with van der Waals surface area (Å²) in [5, 5.41) is 6.03. The predicted molar refractivity (Wildman–Crippen MR) is 76.9 cm³/mol. The fourth-order valence-electron chi connectivity index (χ4n) is 1.90. The van der Waals surface area contributed by atoms with Crippen molar-refractivity contribution in [2.75, 3.05) is 18.5 Å². The minimum Gasteiger partial charge on any atom is -0.352 e. The number of likely N-dealkylation sites (N-methyl/N-ethyl adjacent to an activating group) is 1. The van der Waals surface area contributed by atoms with Gasteiger partial charge in [-0.15, -0.1) is 11.3 Å². The van der Waals surface area contributed by atoms with Gasteiger partial charge in [-0.1, -0.05) is 0 Å². The van der Waals surface area contributed by atoms with Crippen LogP contribution in [0.25, 0.3) is 10.2 Å². The molecule has 1 aliphatic carbocycles. The molecule has 2 aromatic rings. The number of aromatic nitrogens is 2. The van der Waals surface area contributed by atoms with E-state index in [1.165, 1.54) is 11.3 Å². The number of fused-ring (bicyclic) bond motifs is 1. The van der Waals surface area contributed by atoms with Crippen LogP contribution in [0, 0.1) is 0 Å². The summed E-state index contributed by atoms with van der Waals surface area (Å²) < 4.78 is 0. The maximum atomic E-state index is 11.8. The van der Waals surface area contributed by atoms with Crippen molar-refractivity contribution in [3.63, 3.8) is 0 Å². The average Bonchev–Trinajstić information content (AvgIpc) is 3.03. The summed E-state index contributed by atoms with van der Waals surface area (Å²) in [7, 11) is 1.84. The first-order chi connectivity index (χ1) is 9.13. The van der Waals surface area contributed by atoms with Gasteiger partial charge in [0.05, 0.1) is 11.9 Å². The molecular formula is C12H13ClN4OS. The van der Waals surface area contributed by atoms with Crippen molar-refractivity contribution in [3.8, 4) is 0 Å². The molecule has 0 aliphatic heterocycles. The van der Waals surface area contributed by atoms with Gasteiger partial charge in [-0.05, 0) is 35.9 Å². The van der Waals surface area contributed by atoms with Gasteiger partial charge in [0.2, 0.25) is 11.2 Å². The largest absolute Gasteiger partial charge is 0.352 e. The maximum absolute atomic E-state index is 11.8. The van der Waals surface area contributed by atoms with Crippen LogP contribution >= 0.6 is 22.9 Å². The Morgan fingerprint density at radius 2 is 2.37 bits per heavy atom. The number of halogens is 1. The molecule has 1 fully saturated rings. The molecule has 2 aromatic heterocycles. The first-order valence-corrected chi connectivity index (χ1v) is 7.30. The normalized spacial score (nSPS) is 14.6. The first-order valence-electron chi connectivity index (χ1n) is 6.05. The highest BCUT2D eigenvalue weighted by atomic mass is 35.5. The third kappa shape index (κ3) is 2.79. The Hall–Kier alpha value is -1.40. The fourth-order valence-corrected chi connectivity index (χ4v) is 2.87. The van der Waals surface area contributed by atoms with Gasteiger partial charge < -0.3 is 10.2 Å². The Labute approximate surface area is 119 Å². The second kappa shape index (κ2) is 4.94. The molecule has 0 saturated heterocycles. The number of hydrogen-bond donors (Lipinski definition) is 1. The highest BCUT2D eigenvalue weighted by Gasteiger charge is 2.24. The molecule has 19 heavy (non-hydrogen) atoms. The van der Waals surface area contributed by atoms with Crippen molar-refractivity contribution in [2.24, 2.45) is 0 Å². The number of nitrogens with zero attached hydrogens (tertiary/aromatic N) is 3. The van der Waals surface area contributed by atoms with Crippen molar-refractivity contribution < 1.29 is 4.79 Å². The first kappa shape index (κ1) is 12.6. The lowest BCUT2D eigenvalue weighted by Crippen LogP contribution is -2.36. The summed E-state index contributed by atoms with van der Waals surface area (Å²) in [5.74, 6) is 0.713. The molecule has 0 radical (unpaired) electrons. The third-order valence-corrected chi connectivity index (χ3v) is 3.94. The van der Waals surface area contributed by atoms with Gasteiger partial charge in [0.15, 0.2) is 0 Å². The van der Waals surface area contributed by atoms with Crippen LogP contribution in [0.4, 0.5) is 5.82 Å². The lowest BCUT2D eigenvalue weighted by Gasteiger charge is -2.18. The third-order valence-electron chi connectivity index (χ3n) is 2.96. The van der Waals surface area contributed by atoms with Crippen molar-refractivity contribution in [2.45, 2.75) is 18.9 Å². The molecule has 0 bridgehead atoms. The highest BCUT2D eigenvalue weighted by molar-refractivity contribution is 7.16. The molecule has 100 valence electrons. The van der Waals surface area contributed by atoms with E-state index < -0.39 is 0 Å². The highest BCUT2D eigenvalue weighted by Crippen LogP contribution is 2.28. The summed E-state index contributed by atoms with van der Waals surface area (Å²) in [5.41, 5.74) is 0. The Bertz CT molecular complexity index is 625. The van der Waals surface area contributed by atoms with Crippen LogP contribution in [0.1, 0.15) is 12.8 Å². The zero-order valence-corrected chi connectivity index (χ0v) is 12.0. The van der Waals surface area contributed by atoms with E-state index in [1.807, 2.05) is 18.5 Å². The Morgan fingerprint density at radius 1 is 1.58 bits per heavy atom. The van der Waals surface area contributed by atoms with Gasteiger partial charge in [0, 0.05) is 13.1 Å². The van der Waals surface area contributed by atoms with Crippen LogP contribution in [-0.2, 0) is 4.79 Å². The van der Waals surface area contributed by atoms with Crippen LogP contribution in [0.3, 0.4) is 0 Å². The second-order valence-electron chi connectivity index (χ2n) is 4.65. The van der Waals surface area contributed by atoms with Gasteiger partial charge in [-0.25, -0.2) is 4.98 Å². The Morgan fingerprint density at radius 3 is 3.11 bits per heavy atom. The monoisotopic (exact) mass is 296 g/mol. The van der Waals surface area contributed by atoms with E-state index in [4.69, 9.17) is 11.6 Å². The average molecular weight is 297 g/mol. The van der Waals surface area contributed by atoms with E-state index >= 15 is 0 Å². The lowest BCUT2D eigenvalue weighted by molar-refractivity contribution is -0.119. The van der Waals surface area contributed by atoms with Gasteiger partial charge in [-0.2, -0.15) is 4.98 Å². The number of amides is 1. The zero-order chi connectivity index (χ0) is 13.4. The quantitative estimate of drug-likeness (QED) is 0.878. The standard InChI is InChI=1S/C12H13ClN4OS/c1-17(6-9(18)14-7-2-3-7)10-8-4-5-19-11(8)16-12(13)15-10/h4-5,7H,2-3,6H2,1H3,(H,14,18). The van der Waals surface area contributed by atoms with Gasteiger partial charge in [0.1, 0.15) is 10.6 Å². The van der Waals surface area contributed by atoms with E-state index in [9.17, 15) is 4.79 Å². The van der Waals surface area contributed by atoms with Crippen LogP contribution in [0.2, 0.25) is 5.28 Å². The summed E-state index contributed by atoms with van der Waals surface area (Å²) in [6.45, 7) is 0.273. The number of anilines is 1. The molecule has 5 nitrogen and oxygen atoms in total. The molecule has 1 amide bonds. The van der Waals surface area contributed by atoms with E-state index in [1.54, 1.807) is 4.90 Å². The van der Waals surface area contributed by atoms with E-state index in [0.717, 1.165) is 23.1 Å². The van der Waals surface area contributed by atoms with Crippen molar-refractivity contribution in [1.82, 2.24) is 15.3 Å². The van der Waals surface area contributed by atoms with Gasteiger partial charge in [0.25, 0.3) is 0 Å². The number of rotatable bonds is 4. The Kier molecular flexibility index (Phi) is 3.28. The molecule has 1 aliphatic rings. The smallest absolute Gasteiger partial charge is 0.239 e. The molecule has 1 saturated carbocycles. The second-order valence-corrected chi connectivity index (χ2v) is 5.89. The molecule has 0 atom stereocenters. The number of nitrogens with one attached hydrogen (secondary N) is 1. The van der Waals surface area contributed by atoms with Crippen LogP contribution in [0.5, 0.6) is 0 Å². The van der Waals surface area contributed by atoms with Crippen molar-refractivity contribution in [3.05, 3.63) is 16.7 Å². The number of thiophene rings is 1. The van der Waals surface area contributed by atoms with Gasteiger partial charge >= 0.3 is 0 Å². The minimum absolute atomic E-state index is 0.0168. The molecule has 0 aromatic carbocycles. The summed E-state index contributed by atoms with van der Waals surface area (Å²) in [4.78, 5) is 22.8. The van der Waals surface area contributed by atoms with Crippen molar-refractivity contribution in [1.29, 1.82) is 0 Å². The van der Waals surface area contributed by atoms with E-state index in [0.29, 0.717) is 11.9 Å². The molecule has 2 heterocycles. The molecule has 1 N–H and O–H groups in total. The zero-order valence-electron chi connectivity index (χ0n) is 10.4. The predicted octanol–water partition coefficient (Wildman–Crippen LogP) is 2.06.